The number of carbonyl (C=O) groups is 11. The van der Waals surface area contributed by atoms with E-state index >= 15 is 0 Å². The summed E-state index contributed by atoms with van der Waals surface area (Å²) in [4.78, 5) is 155. The number of nitrogens with one attached hydrogen (secondary N) is 8. The van der Waals surface area contributed by atoms with E-state index in [1.54, 1.807) is 65.6 Å². The predicted molar refractivity (Wildman–Crippen MR) is 407 cm³/mol. The predicted octanol–water partition coefficient (Wildman–Crippen LogP) is 6.46. The van der Waals surface area contributed by atoms with Gasteiger partial charge in [-0.15, -0.1) is 22.9 Å². The van der Waals surface area contributed by atoms with Gasteiger partial charge < -0.3 is 95.5 Å². The number of thiophene rings is 1. The third kappa shape index (κ3) is 23.2. The van der Waals surface area contributed by atoms with Crippen LogP contribution in [0.25, 0.3) is 31.9 Å². The molecule has 0 radical (unpaired) electrons. The Morgan fingerprint density at radius 3 is 2.03 bits per heavy atom. The number of likely N-dealkylation sites (N-methyl/N-ethyl adjacent to an activating group) is 2. The van der Waals surface area contributed by atoms with Crippen molar-refractivity contribution in [2.75, 3.05) is 160 Å². The SMILES string of the molecule is Cc1csc2c(OC(=O)N(C)CCN(C)C(=O)OCc3ccc(NC(=O)[C@H](CCCNC(N)=O)NC(=O)CNC(=O)CCOCCOCCOCCOCCNC(=O)CCN4C(=O)C=CC4=O)cc3)cc3c(c12)[C@@H](CCl)CN3C(=O)c1cc2cc(NC(=O)c3cc4cc(OCCN5CCCC5)ccc4[nH]3)ccc2[nH]1. The molecule has 2 atom stereocenters. The zero-order valence-corrected chi connectivity index (χ0v) is 62.5. The third-order valence-electron chi connectivity index (χ3n) is 18.2. The summed E-state index contributed by atoms with van der Waals surface area (Å²) in [5.74, 6) is -2.59. The number of hydrogen-bond acceptors (Lipinski definition) is 20. The Morgan fingerprint density at radius 2 is 1.32 bits per heavy atom. The van der Waals surface area contributed by atoms with Gasteiger partial charge in [0, 0.05) is 141 Å². The van der Waals surface area contributed by atoms with Crippen LogP contribution in [0.5, 0.6) is 11.5 Å². The highest BCUT2D eigenvalue weighted by Crippen LogP contribution is 2.49. The molecule has 0 bridgehead atoms. The molecule has 10 rings (SSSR count). The number of carbonyl (C=O) groups excluding carboxylic acids is 11. The fourth-order valence-electron chi connectivity index (χ4n) is 12.4. The number of fused-ring (bicyclic) bond motifs is 5. The molecule has 3 aliphatic rings. The quantitative estimate of drug-likeness (QED) is 0.0113. The zero-order chi connectivity index (χ0) is 77.3. The van der Waals surface area contributed by atoms with Crippen molar-refractivity contribution in [1.29, 1.82) is 0 Å². The highest BCUT2D eigenvalue weighted by Gasteiger charge is 2.37. The first-order valence-corrected chi connectivity index (χ1v) is 37.4. The van der Waals surface area contributed by atoms with E-state index in [9.17, 15) is 52.7 Å². The molecule has 12 amide bonds. The van der Waals surface area contributed by atoms with Crippen molar-refractivity contribution in [3.63, 3.8) is 0 Å². The molecule has 0 spiro atoms. The number of halogens is 1. The Kier molecular flexibility index (Phi) is 29.6. The Labute approximate surface area is 637 Å². The number of hydrogen-bond donors (Lipinski definition) is 9. The van der Waals surface area contributed by atoms with Crippen LogP contribution in [0.2, 0.25) is 0 Å². The number of aromatic amines is 2. The lowest BCUT2D eigenvalue weighted by atomic mass is 9.97. The second-order valence-electron chi connectivity index (χ2n) is 26.2. The molecule has 7 aromatic rings. The van der Waals surface area contributed by atoms with E-state index < -0.39 is 60.3 Å². The normalized spacial score (nSPS) is 14.3. The van der Waals surface area contributed by atoms with Crippen LogP contribution in [0.1, 0.15) is 82.1 Å². The first-order chi connectivity index (χ1) is 52.7. The fourth-order valence-corrected chi connectivity index (χ4v) is 13.6. The van der Waals surface area contributed by atoms with Gasteiger partial charge in [-0.05, 0) is 128 Å². The lowest BCUT2D eigenvalue weighted by molar-refractivity contribution is -0.137. The molecule has 109 heavy (non-hydrogen) atoms. The molecule has 4 aromatic carbocycles. The monoisotopic (exact) mass is 1540 g/mol. The molecule has 6 heterocycles. The number of aryl methyl sites for hydroxylation is 1. The number of nitrogens with two attached hydrogens (primary N) is 1. The first kappa shape index (κ1) is 80.9. The van der Waals surface area contributed by atoms with Crippen LogP contribution >= 0.6 is 22.9 Å². The van der Waals surface area contributed by atoms with E-state index in [0.717, 1.165) is 69.9 Å². The maximum atomic E-state index is 14.7. The minimum absolute atomic E-state index is 0.00512. The van der Waals surface area contributed by atoms with Gasteiger partial charge >= 0.3 is 18.2 Å². The van der Waals surface area contributed by atoms with Gasteiger partial charge in [0.25, 0.3) is 23.6 Å². The number of amides is 12. The summed E-state index contributed by atoms with van der Waals surface area (Å²) in [6.07, 6.45) is 3.68. The topological polar surface area (TPSA) is 398 Å². The van der Waals surface area contributed by atoms with Crippen molar-refractivity contribution in [1.82, 2.24) is 50.8 Å². The van der Waals surface area contributed by atoms with Gasteiger partial charge in [-0.1, -0.05) is 12.1 Å². The van der Waals surface area contributed by atoms with Crippen molar-refractivity contribution in [2.45, 2.75) is 64.0 Å². The van der Waals surface area contributed by atoms with Crippen LogP contribution in [0.15, 0.2) is 96.4 Å². The number of rotatable bonds is 41. The van der Waals surface area contributed by atoms with Gasteiger partial charge in [0.15, 0.2) is 5.75 Å². The maximum absolute atomic E-state index is 14.7. The van der Waals surface area contributed by atoms with E-state index in [0.29, 0.717) is 69.4 Å². The smallest absolute Gasteiger partial charge is 0.415 e. The summed E-state index contributed by atoms with van der Waals surface area (Å²) >= 11 is 8.06. The number of ether oxygens (including phenoxy) is 7. The Balaban J connectivity index is 0.618. The average molecular weight is 1540 g/mol. The number of urea groups is 1. The lowest BCUT2D eigenvalue weighted by Gasteiger charge is -2.22. The summed E-state index contributed by atoms with van der Waals surface area (Å²) in [6, 6.07) is 20.9. The second kappa shape index (κ2) is 40.0. The average Bonchev–Trinajstić information content (AvgIpc) is 1.58. The van der Waals surface area contributed by atoms with E-state index in [4.69, 9.17) is 50.5 Å². The highest BCUT2D eigenvalue weighted by atomic mass is 35.5. The number of anilines is 3. The maximum Gasteiger partial charge on any atom is 0.415 e. The highest BCUT2D eigenvalue weighted by molar-refractivity contribution is 7.17. The number of nitrogens with zero attached hydrogens (tertiary/aromatic N) is 5. The summed E-state index contributed by atoms with van der Waals surface area (Å²) in [6.45, 7) is 7.71. The lowest BCUT2D eigenvalue weighted by Crippen LogP contribution is -2.47. The molecule has 582 valence electrons. The molecule has 1 saturated heterocycles. The molecular weight excluding hydrogens is 1450 g/mol. The van der Waals surface area contributed by atoms with Gasteiger partial charge in [-0.2, -0.15) is 0 Å². The summed E-state index contributed by atoms with van der Waals surface area (Å²) in [7, 11) is 3.06. The number of primary amides is 1. The van der Waals surface area contributed by atoms with Gasteiger partial charge in [-0.3, -0.25) is 48.2 Å². The zero-order valence-electron chi connectivity index (χ0n) is 60.9. The molecule has 1 fully saturated rings. The molecule has 32 nitrogen and oxygen atoms in total. The van der Waals surface area contributed by atoms with Crippen molar-refractivity contribution in [3.8, 4) is 11.5 Å². The Bertz CT molecular complexity index is 4430. The van der Waals surface area contributed by atoms with Gasteiger partial charge in [0.2, 0.25) is 23.6 Å². The molecular formula is C75H91ClN14O18S. The number of aromatic nitrogens is 2. The van der Waals surface area contributed by atoms with Gasteiger partial charge in [-0.25, -0.2) is 14.4 Å². The molecule has 0 saturated carbocycles. The summed E-state index contributed by atoms with van der Waals surface area (Å²) in [5, 5.41) is 20.3. The van der Waals surface area contributed by atoms with Crippen LogP contribution in [-0.4, -0.2) is 246 Å². The van der Waals surface area contributed by atoms with E-state index in [-0.39, 0.29) is 146 Å². The molecule has 0 unspecified atom stereocenters. The number of benzene rings is 4. The molecule has 3 aromatic heterocycles. The van der Waals surface area contributed by atoms with Crippen LogP contribution in [0.4, 0.5) is 31.4 Å². The van der Waals surface area contributed by atoms with Gasteiger partial charge in [0.1, 0.15) is 36.4 Å². The van der Waals surface area contributed by atoms with Crippen molar-refractivity contribution < 1.29 is 85.9 Å². The minimum Gasteiger partial charge on any atom is -0.492 e. The Hall–Kier alpha value is -10.7. The molecule has 3 aliphatic heterocycles. The number of likely N-dealkylation sites (tertiary alicyclic amines) is 1. The molecule has 34 heteroatoms. The van der Waals surface area contributed by atoms with Crippen LogP contribution in [0.3, 0.4) is 0 Å². The number of alkyl halides is 1. The number of imide groups is 1. The third-order valence-corrected chi connectivity index (χ3v) is 19.7. The van der Waals surface area contributed by atoms with E-state index in [1.807, 2.05) is 30.5 Å². The standard InChI is InChI=1S/C75H91ClN14O18S/c1-47-46-109-69-61(41-60-68(67(47)69)51(42-76)44-90(60)72(98)59-40-49-37-53(12-14-55(49)84-59)82-71(97)58-39-50-38-54(13-15-56(50)83-58)106-30-27-88-22-4-5-23-88)108-75(101)87(3)26-25-86(2)74(100)107-45-48-8-10-52(11-9-48)81-70(96)57(7-6-20-79-73(77)99)85-64(93)43-80-63(92)19-28-102-31-33-104-35-36-105-34-32-103-29-21-78-62(91)18-24-89-65(94)16-17-66(89)95/h8-17,37-41,46,51,57,83-84H,4-7,18-36,42-45H2,1-3H3,(H,78,91)(H,80,92)(H,81,96)(H,82,97)(H,85,93)(H3,77,79,99)/t51-,57-/m0/s1. The van der Waals surface area contributed by atoms with Crippen molar-refractivity contribution in [2.24, 2.45) is 5.73 Å². The van der Waals surface area contributed by atoms with Gasteiger partial charge in [0.05, 0.1) is 69.8 Å². The van der Waals surface area contributed by atoms with E-state index in [1.165, 1.54) is 48.1 Å². The fraction of sp³-hybridized carbons (Fsp3) is 0.427. The van der Waals surface area contributed by atoms with Crippen LogP contribution < -0.4 is 52.0 Å². The van der Waals surface area contributed by atoms with Crippen LogP contribution in [0, 0.1) is 6.92 Å². The van der Waals surface area contributed by atoms with Crippen LogP contribution in [-0.2, 0) is 59.1 Å². The molecule has 0 aliphatic carbocycles. The summed E-state index contributed by atoms with van der Waals surface area (Å²) < 4.78 is 40.2. The minimum atomic E-state index is -1.08. The molecule has 10 N–H and O–H groups in total. The van der Waals surface area contributed by atoms with Crippen molar-refractivity contribution >= 4 is 137 Å². The van der Waals surface area contributed by atoms with E-state index in [2.05, 4.69) is 46.8 Å². The summed E-state index contributed by atoms with van der Waals surface area (Å²) in [5.41, 5.74) is 11.2. The second-order valence-corrected chi connectivity index (χ2v) is 27.4. The Morgan fingerprint density at radius 1 is 0.679 bits per heavy atom. The first-order valence-electron chi connectivity index (χ1n) is 35.9. The van der Waals surface area contributed by atoms with Crippen molar-refractivity contribution in [3.05, 3.63) is 124 Å². The number of H-pyrrole nitrogens is 2. The largest absolute Gasteiger partial charge is 0.492 e.